The Bertz CT molecular complexity index is 345. The zero-order valence-electron chi connectivity index (χ0n) is 9.43. The Morgan fingerprint density at radius 3 is 2.50 bits per heavy atom. The minimum atomic E-state index is -0.449. The van der Waals surface area contributed by atoms with Gasteiger partial charge in [0.1, 0.15) is 0 Å². The maximum Gasteiger partial charge on any atom is 0.168 e. The zero-order valence-corrected chi connectivity index (χ0v) is 9.43. The number of benzene rings is 1. The quantitative estimate of drug-likeness (QED) is 0.612. The molecule has 0 amide bonds. The molecule has 0 aliphatic heterocycles. The van der Waals surface area contributed by atoms with Crippen LogP contribution in [0.4, 0.5) is 0 Å². The van der Waals surface area contributed by atoms with Gasteiger partial charge in [-0.2, -0.15) is 0 Å². The van der Waals surface area contributed by atoms with Gasteiger partial charge < -0.3 is 5.11 Å². The predicted molar refractivity (Wildman–Crippen MR) is 63.4 cm³/mol. The van der Waals surface area contributed by atoms with E-state index >= 15 is 0 Å². The number of carbonyl (C=O) groups is 1. The van der Waals surface area contributed by atoms with Gasteiger partial charge in [0.15, 0.2) is 5.78 Å². The molecule has 2 atom stereocenters. The van der Waals surface area contributed by atoms with Crippen molar-refractivity contribution in [2.24, 2.45) is 5.92 Å². The van der Waals surface area contributed by atoms with Gasteiger partial charge in [0.2, 0.25) is 0 Å². The highest BCUT2D eigenvalue weighted by Crippen LogP contribution is 2.26. The summed E-state index contributed by atoms with van der Waals surface area (Å²) < 4.78 is 0. The van der Waals surface area contributed by atoms with Gasteiger partial charge in [0.25, 0.3) is 0 Å². The molecular weight excluding hydrogens is 200 g/mol. The highest BCUT2D eigenvalue weighted by Gasteiger charge is 2.28. The highest BCUT2D eigenvalue weighted by atomic mass is 16.3. The van der Waals surface area contributed by atoms with Gasteiger partial charge in [-0.1, -0.05) is 49.6 Å². The number of aliphatic hydroxyl groups is 1. The van der Waals surface area contributed by atoms with Crippen LogP contribution in [0.2, 0.25) is 0 Å². The summed E-state index contributed by atoms with van der Waals surface area (Å²) in [6.07, 6.45) is 4.38. The van der Waals surface area contributed by atoms with Gasteiger partial charge in [-0.25, -0.2) is 0 Å². The largest absolute Gasteiger partial charge is 0.392 e. The van der Waals surface area contributed by atoms with Crippen LogP contribution in [0.15, 0.2) is 30.3 Å². The van der Waals surface area contributed by atoms with Gasteiger partial charge >= 0.3 is 0 Å². The highest BCUT2D eigenvalue weighted by molar-refractivity contribution is 5.98. The normalized spacial score (nSPS) is 26.1. The second kappa shape index (κ2) is 5.26. The number of hydrogen-bond acceptors (Lipinski definition) is 2. The molecule has 0 unspecified atom stereocenters. The van der Waals surface area contributed by atoms with Crippen molar-refractivity contribution in [2.75, 3.05) is 0 Å². The van der Waals surface area contributed by atoms with Crippen LogP contribution in [-0.4, -0.2) is 17.0 Å². The second-order valence-corrected chi connectivity index (χ2v) is 4.54. The molecule has 0 saturated heterocycles. The molecule has 1 aliphatic rings. The van der Waals surface area contributed by atoms with E-state index in [4.69, 9.17) is 0 Å². The molecule has 0 heterocycles. The van der Waals surface area contributed by atoms with Crippen molar-refractivity contribution in [2.45, 2.75) is 38.2 Å². The molecule has 2 nitrogen and oxygen atoms in total. The minimum absolute atomic E-state index is 0.106. The molecule has 0 radical (unpaired) electrons. The van der Waals surface area contributed by atoms with E-state index in [1.165, 1.54) is 0 Å². The molecule has 1 aromatic carbocycles. The van der Waals surface area contributed by atoms with Crippen LogP contribution in [0.3, 0.4) is 0 Å². The van der Waals surface area contributed by atoms with E-state index in [1.807, 2.05) is 30.3 Å². The number of Topliss-reactive ketones (excluding diaryl/α,β-unsaturated/α-hetero) is 1. The van der Waals surface area contributed by atoms with Gasteiger partial charge in [0.05, 0.1) is 6.10 Å². The molecular formula is C14H18O2. The van der Waals surface area contributed by atoms with Crippen molar-refractivity contribution in [3.05, 3.63) is 35.9 Å². The van der Waals surface area contributed by atoms with Gasteiger partial charge in [-0.05, 0) is 12.8 Å². The number of carbonyl (C=O) groups excluding carboxylic acids is 1. The lowest BCUT2D eigenvalue weighted by atomic mass is 9.89. The van der Waals surface area contributed by atoms with E-state index in [-0.39, 0.29) is 11.7 Å². The average molecular weight is 218 g/mol. The summed E-state index contributed by atoms with van der Waals surface area (Å²) in [5.74, 6) is -0.0834. The topological polar surface area (TPSA) is 37.3 Å². The second-order valence-electron chi connectivity index (χ2n) is 4.54. The lowest BCUT2D eigenvalue weighted by Gasteiger charge is -2.18. The Balaban J connectivity index is 2.14. The standard InChI is InChI=1S/C14H18O2/c15-13-10-6-2-5-9-12(13)14(16)11-7-3-1-4-8-11/h1,3-4,7-8,12-13,15H,2,5-6,9-10H2/t12-,13+/m1/s1. The van der Waals surface area contributed by atoms with Crippen LogP contribution in [-0.2, 0) is 0 Å². The van der Waals surface area contributed by atoms with Crippen molar-refractivity contribution >= 4 is 5.78 Å². The first kappa shape index (κ1) is 11.3. The molecule has 0 bridgehead atoms. The lowest BCUT2D eigenvalue weighted by Crippen LogP contribution is -2.27. The van der Waals surface area contributed by atoms with Crippen LogP contribution in [0.25, 0.3) is 0 Å². The van der Waals surface area contributed by atoms with Crippen LogP contribution in [0.5, 0.6) is 0 Å². The van der Waals surface area contributed by atoms with Gasteiger partial charge in [0, 0.05) is 11.5 Å². The maximum absolute atomic E-state index is 12.2. The lowest BCUT2D eigenvalue weighted by molar-refractivity contribution is 0.0658. The van der Waals surface area contributed by atoms with Gasteiger partial charge in [-0.15, -0.1) is 0 Å². The van der Waals surface area contributed by atoms with Crippen molar-refractivity contribution in [3.63, 3.8) is 0 Å². The summed E-state index contributed by atoms with van der Waals surface area (Å²) >= 11 is 0. The fourth-order valence-electron chi connectivity index (χ4n) is 2.41. The van der Waals surface area contributed by atoms with E-state index in [9.17, 15) is 9.90 Å². The summed E-state index contributed by atoms with van der Waals surface area (Å²) in [6, 6.07) is 9.31. The first-order chi connectivity index (χ1) is 7.79. The van der Waals surface area contributed by atoms with Crippen molar-refractivity contribution in [1.82, 2.24) is 0 Å². The van der Waals surface area contributed by atoms with E-state index in [0.29, 0.717) is 0 Å². The Labute approximate surface area is 96.3 Å². The summed E-state index contributed by atoms with van der Waals surface area (Å²) in [5, 5.41) is 9.96. The maximum atomic E-state index is 12.2. The molecule has 0 aromatic heterocycles. The third-order valence-corrected chi connectivity index (χ3v) is 3.37. The molecule has 1 N–H and O–H groups in total. The number of rotatable bonds is 2. The summed E-state index contributed by atoms with van der Waals surface area (Å²) in [5.41, 5.74) is 0.730. The first-order valence-corrected chi connectivity index (χ1v) is 6.06. The van der Waals surface area contributed by atoms with E-state index in [0.717, 1.165) is 37.7 Å². The fraction of sp³-hybridized carbons (Fsp3) is 0.500. The van der Waals surface area contributed by atoms with Gasteiger partial charge in [-0.3, -0.25) is 4.79 Å². The first-order valence-electron chi connectivity index (χ1n) is 6.06. The molecule has 16 heavy (non-hydrogen) atoms. The Morgan fingerprint density at radius 2 is 1.75 bits per heavy atom. The van der Waals surface area contributed by atoms with Crippen LogP contribution >= 0.6 is 0 Å². The number of hydrogen-bond donors (Lipinski definition) is 1. The molecule has 2 rings (SSSR count). The van der Waals surface area contributed by atoms with Crippen LogP contribution in [0.1, 0.15) is 42.5 Å². The molecule has 1 aliphatic carbocycles. The average Bonchev–Trinajstić information content (AvgIpc) is 2.54. The molecule has 86 valence electrons. The molecule has 2 heteroatoms. The third-order valence-electron chi connectivity index (χ3n) is 3.37. The smallest absolute Gasteiger partial charge is 0.168 e. The van der Waals surface area contributed by atoms with E-state index in [2.05, 4.69) is 0 Å². The number of aliphatic hydroxyl groups excluding tert-OH is 1. The van der Waals surface area contributed by atoms with Crippen molar-refractivity contribution in [3.8, 4) is 0 Å². The van der Waals surface area contributed by atoms with Crippen LogP contribution < -0.4 is 0 Å². The molecule has 1 saturated carbocycles. The molecule has 1 aromatic rings. The number of ketones is 1. The minimum Gasteiger partial charge on any atom is -0.392 e. The zero-order chi connectivity index (χ0) is 11.4. The van der Waals surface area contributed by atoms with Crippen molar-refractivity contribution in [1.29, 1.82) is 0 Å². The van der Waals surface area contributed by atoms with Crippen molar-refractivity contribution < 1.29 is 9.90 Å². The summed E-state index contributed by atoms with van der Waals surface area (Å²) in [7, 11) is 0. The van der Waals surface area contributed by atoms with E-state index in [1.54, 1.807) is 0 Å². The third kappa shape index (κ3) is 2.50. The Hall–Kier alpha value is -1.15. The summed E-state index contributed by atoms with van der Waals surface area (Å²) in [6.45, 7) is 0. The summed E-state index contributed by atoms with van der Waals surface area (Å²) in [4.78, 5) is 12.2. The Kier molecular flexibility index (Phi) is 3.73. The van der Waals surface area contributed by atoms with Crippen LogP contribution in [0, 0.1) is 5.92 Å². The fourth-order valence-corrected chi connectivity index (χ4v) is 2.41. The Morgan fingerprint density at radius 1 is 1.06 bits per heavy atom. The SMILES string of the molecule is O=C(c1ccccc1)[C@@H]1CCCCC[C@@H]1O. The van der Waals surface area contributed by atoms with E-state index < -0.39 is 6.10 Å². The predicted octanol–water partition coefficient (Wildman–Crippen LogP) is 2.81. The molecule has 1 fully saturated rings. The monoisotopic (exact) mass is 218 g/mol. The molecule has 0 spiro atoms.